The van der Waals surface area contributed by atoms with Gasteiger partial charge in [0.05, 0.1) is 16.7 Å². The molecule has 7 nitrogen and oxygen atoms in total. The summed E-state index contributed by atoms with van der Waals surface area (Å²) in [6, 6.07) is 7.88. The van der Waals surface area contributed by atoms with Gasteiger partial charge in [-0.05, 0) is 31.5 Å². The van der Waals surface area contributed by atoms with Crippen LogP contribution in [0.1, 0.15) is 24.1 Å². The number of carbonyl (C=O) groups is 1. The number of aromatic nitrogens is 3. The predicted octanol–water partition coefficient (Wildman–Crippen LogP) is 4.50. The summed E-state index contributed by atoms with van der Waals surface area (Å²) in [5.41, 5.74) is 1.66. The summed E-state index contributed by atoms with van der Waals surface area (Å²) in [5.74, 6) is -0.138. The Kier molecular flexibility index (Phi) is 7.85. The van der Waals surface area contributed by atoms with Crippen molar-refractivity contribution in [3.63, 3.8) is 0 Å². The normalized spacial score (nSPS) is 12.7. The Labute approximate surface area is 192 Å². The van der Waals surface area contributed by atoms with Gasteiger partial charge in [0, 0.05) is 36.5 Å². The van der Waals surface area contributed by atoms with Gasteiger partial charge in [-0.25, -0.2) is 9.36 Å². The van der Waals surface area contributed by atoms with Crippen LogP contribution in [0.4, 0.5) is 18.0 Å². The topological polar surface area (TPSA) is 83.3 Å². The van der Waals surface area contributed by atoms with Gasteiger partial charge in [0.25, 0.3) is 0 Å². The lowest BCUT2D eigenvalue weighted by molar-refractivity contribution is -0.153. The molecule has 33 heavy (non-hydrogen) atoms. The molecule has 0 bridgehead atoms. The molecule has 3 rings (SSSR count). The van der Waals surface area contributed by atoms with Crippen LogP contribution in [0.15, 0.2) is 41.7 Å². The molecule has 0 aliphatic carbocycles. The van der Waals surface area contributed by atoms with Crippen LogP contribution in [0.2, 0.25) is 0 Å². The first-order valence-electron chi connectivity index (χ1n) is 10.2. The molecule has 1 unspecified atom stereocenters. The maximum Gasteiger partial charge on any atom is 0.422 e. The monoisotopic (exact) mass is 481 g/mol. The third kappa shape index (κ3) is 5.97. The summed E-state index contributed by atoms with van der Waals surface area (Å²) in [7, 11) is 1.65. The number of pyridine rings is 1. The van der Waals surface area contributed by atoms with Crippen LogP contribution in [0.5, 0.6) is 5.75 Å². The molecule has 0 spiro atoms. The Morgan fingerprint density at radius 2 is 2.03 bits per heavy atom. The summed E-state index contributed by atoms with van der Waals surface area (Å²) in [6.07, 6.45) is -1.81. The second kappa shape index (κ2) is 10.4. The first-order chi connectivity index (χ1) is 15.6. The third-order valence-corrected chi connectivity index (χ3v) is 6.13. The van der Waals surface area contributed by atoms with E-state index in [0.29, 0.717) is 41.7 Å². The van der Waals surface area contributed by atoms with E-state index in [2.05, 4.69) is 16.9 Å². The number of halogens is 3. The van der Waals surface area contributed by atoms with Gasteiger partial charge in [0.2, 0.25) is 0 Å². The van der Waals surface area contributed by atoms with E-state index in [0.717, 1.165) is 0 Å². The van der Waals surface area contributed by atoms with Crippen molar-refractivity contribution < 1.29 is 27.3 Å². The summed E-state index contributed by atoms with van der Waals surface area (Å²) in [6.45, 7) is 4.36. The lowest BCUT2D eigenvalue weighted by Gasteiger charge is -2.19. The number of hydrogen-bond acceptors (Lipinski definition) is 5. The maximum absolute atomic E-state index is 13.3. The summed E-state index contributed by atoms with van der Waals surface area (Å²) in [5, 5.41) is 0.0467. The molecule has 1 aromatic carbocycles. The van der Waals surface area contributed by atoms with Gasteiger partial charge >= 0.3 is 17.4 Å². The average molecular weight is 482 g/mol. The minimum Gasteiger partial charge on any atom is -0.609 e. The smallest absolute Gasteiger partial charge is 0.422 e. The standard InChI is InChI=1S/C22H24F3N4O3S/c1-4-5-12-28(3)21(30)29-18-9-7-6-8-16(18)27-20(29)33(31)13-17-15(2)19(10-11-26-17)32-14-22(23,24)25/h6-11H,1,4-5,12-14H2,2-3H3. The van der Waals surface area contributed by atoms with Crippen LogP contribution >= 0.6 is 0 Å². The van der Waals surface area contributed by atoms with E-state index in [-0.39, 0.29) is 22.7 Å². The summed E-state index contributed by atoms with van der Waals surface area (Å²) >= 11 is -1.81. The molecule has 1 radical (unpaired) electrons. The number of rotatable bonds is 8. The number of benzene rings is 1. The minimum atomic E-state index is -4.48. The van der Waals surface area contributed by atoms with Gasteiger partial charge in [-0.15, -0.1) is 0 Å². The van der Waals surface area contributed by atoms with E-state index in [9.17, 15) is 22.5 Å². The van der Waals surface area contributed by atoms with Crippen molar-refractivity contribution in [2.45, 2.75) is 36.9 Å². The van der Waals surface area contributed by atoms with Crippen LogP contribution in [0, 0.1) is 13.8 Å². The van der Waals surface area contributed by atoms with Crippen molar-refractivity contribution in [3.8, 4) is 5.75 Å². The van der Waals surface area contributed by atoms with Crippen molar-refractivity contribution in [1.82, 2.24) is 19.4 Å². The Bertz CT molecular complexity index is 1120. The number of alkyl halides is 3. The van der Waals surface area contributed by atoms with E-state index in [1.54, 1.807) is 38.2 Å². The molecule has 3 aromatic rings. The van der Waals surface area contributed by atoms with E-state index in [1.807, 2.05) is 0 Å². The van der Waals surface area contributed by atoms with Crippen molar-refractivity contribution in [2.24, 2.45) is 0 Å². The van der Waals surface area contributed by atoms with Gasteiger partial charge in [-0.2, -0.15) is 18.2 Å². The predicted molar refractivity (Wildman–Crippen MR) is 118 cm³/mol. The van der Waals surface area contributed by atoms with Crippen LogP contribution in [-0.2, 0) is 16.9 Å². The molecule has 0 aliphatic rings. The first kappa shape index (κ1) is 24.8. The SMILES string of the molecule is [CH2]CCCN(C)C(=O)n1c([S+]([O-])Cc2nccc(OCC(F)(F)F)c2C)nc2ccccc21. The fourth-order valence-corrected chi connectivity index (χ4v) is 4.41. The molecule has 0 aliphatic heterocycles. The maximum atomic E-state index is 13.3. The second-order valence-corrected chi connectivity index (χ2v) is 8.75. The van der Waals surface area contributed by atoms with Crippen molar-refractivity contribution in [3.05, 3.63) is 54.7 Å². The Morgan fingerprint density at radius 1 is 1.30 bits per heavy atom. The van der Waals surface area contributed by atoms with Crippen LogP contribution in [0.3, 0.4) is 0 Å². The number of ether oxygens (including phenoxy) is 1. The molecule has 0 fully saturated rings. The van der Waals surface area contributed by atoms with Crippen molar-refractivity contribution in [2.75, 3.05) is 20.2 Å². The van der Waals surface area contributed by atoms with Gasteiger partial charge in [-0.1, -0.05) is 25.5 Å². The summed E-state index contributed by atoms with van der Waals surface area (Å²) < 4.78 is 57.1. The Morgan fingerprint density at radius 3 is 2.73 bits per heavy atom. The molecule has 1 amide bonds. The highest BCUT2D eigenvalue weighted by molar-refractivity contribution is 7.90. The second-order valence-electron chi connectivity index (χ2n) is 7.40. The molecule has 0 N–H and O–H groups in total. The molecule has 2 aromatic heterocycles. The van der Waals surface area contributed by atoms with Crippen LogP contribution in [-0.4, -0.2) is 56.4 Å². The van der Waals surface area contributed by atoms with Crippen molar-refractivity contribution in [1.29, 1.82) is 0 Å². The third-order valence-electron chi connectivity index (χ3n) is 4.91. The fourth-order valence-electron chi connectivity index (χ4n) is 3.17. The van der Waals surface area contributed by atoms with Gasteiger partial charge in [0.1, 0.15) is 5.75 Å². The van der Waals surface area contributed by atoms with Crippen LogP contribution in [0.25, 0.3) is 11.0 Å². The average Bonchev–Trinajstić information content (AvgIpc) is 3.16. The Balaban J connectivity index is 1.92. The number of fused-ring (bicyclic) bond motifs is 1. The first-order valence-corrected chi connectivity index (χ1v) is 11.5. The zero-order chi connectivity index (χ0) is 24.2. The number of hydrogen-bond donors (Lipinski definition) is 0. The highest BCUT2D eigenvalue weighted by atomic mass is 32.2. The number of para-hydroxylation sites is 2. The molecular formula is C22H24F3N4O3S. The fraction of sp³-hybridized carbons (Fsp3) is 0.364. The Hall–Kier alpha value is -2.79. The highest BCUT2D eigenvalue weighted by Gasteiger charge is 2.31. The van der Waals surface area contributed by atoms with Crippen LogP contribution < -0.4 is 4.74 Å². The largest absolute Gasteiger partial charge is 0.609 e. The number of nitrogens with zero attached hydrogens (tertiary/aromatic N) is 4. The van der Waals surface area contributed by atoms with Gasteiger partial charge in [0.15, 0.2) is 12.4 Å². The highest BCUT2D eigenvalue weighted by Crippen LogP contribution is 2.27. The zero-order valence-corrected chi connectivity index (χ0v) is 19.1. The molecule has 1 atom stereocenters. The number of unbranched alkanes of at least 4 members (excludes halogenated alkanes) is 1. The molecule has 177 valence electrons. The molecule has 2 heterocycles. The van der Waals surface area contributed by atoms with E-state index in [1.165, 1.54) is 21.7 Å². The molecule has 0 saturated heterocycles. The quantitative estimate of drug-likeness (QED) is 0.443. The van der Waals surface area contributed by atoms with E-state index < -0.39 is 24.0 Å². The number of imidazole rings is 1. The number of carbonyl (C=O) groups excluding carboxylic acids is 1. The molecule has 11 heteroatoms. The molecule has 0 saturated carbocycles. The summed E-state index contributed by atoms with van der Waals surface area (Å²) in [4.78, 5) is 23.2. The zero-order valence-electron chi connectivity index (χ0n) is 18.3. The van der Waals surface area contributed by atoms with E-state index in [4.69, 9.17) is 4.74 Å². The lowest BCUT2D eigenvalue weighted by atomic mass is 10.2. The number of amides is 1. The molecular weight excluding hydrogens is 457 g/mol. The van der Waals surface area contributed by atoms with Crippen molar-refractivity contribution >= 4 is 28.2 Å². The van der Waals surface area contributed by atoms with Gasteiger partial charge in [-0.3, -0.25) is 4.98 Å². The minimum absolute atomic E-state index is 0.00631. The van der Waals surface area contributed by atoms with E-state index >= 15 is 0 Å². The van der Waals surface area contributed by atoms with Gasteiger partial charge < -0.3 is 14.2 Å². The lowest BCUT2D eigenvalue weighted by Crippen LogP contribution is -2.33.